The third kappa shape index (κ3) is 1.89. The van der Waals surface area contributed by atoms with Crippen molar-refractivity contribution in [2.75, 3.05) is 26.2 Å². The highest BCUT2D eigenvalue weighted by Crippen LogP contribution is 2.51. The van der Waals surface area contributed by atoms with E-state index in [1.165, 1.54) is 19.6 Å². The van der Waals surface area contributed by atoms with E-state index in [9.17, 15) is 0 Å². The third-order valence-corrected chi connectivity index (χ3v) is 3.42. The molecule has 2 nitrogen and oxygen atoms in total. The Balaban J connectivity index is 1.78. The minimum atomic E-state index is 0.453. The zero-order valence-corrected chi connectivity index (χ0v) is 9.09. The minimum absolute atomic E-state index is 0.453. The van der Waals surface area contributed by atoms with Crippen molar-refractivity contribution in [2.24, 2.45) is 28.9 Å². The second-order valence-corrected chi connectivity index (χ2v) is 5.98. The molecule has 1 aliphatic heterocycles. The van der Waals surface area contributed by atoms with Crippen molar-refractivity contribution in [3.63, 3.8) is 0 Å². The van der Waals surface area contributed by atoms with Gasteiger partial charge in [-0.1, -0.05) is 20.8 Å². The molecule has 1 saturated heterocycles. The van der Waals surface area contributed by atoms with Crippen LogP contribution in [-0.4, -0.2) is 31.1 Å². The summed E-state index contributed by atoms with van der Waals surface area (Å²) in [7, 11) is 0. The van der Waals surface area contributed by atoms with Gasteiger partial charge in [0.05, 0.1) is 0 Å². The Kier molecular flexibility index (Phi) is 2.16. The fourth-order valence-corrected chi connectivity index (χ4v) is 2.89. The van der Waals surface area contributed by atoms with E-state index in [1.807, 2.05) is 0 Å². The number of hydrogen-bond acceptors (Lipinski definition) is 2. The zero-order chi connectivity index (χ0) is 9.64. The second-order valence-electron chi connectivity index (χ2n) is 5.98. The van der Waals surface area contributed by atoms with Crippen LogP contribution in [0.2, 0.25) is 0 Å². The van der Waals surface area contributed by atoms with Gasteiger partial charge in [-0.3, -0.25) is 0 Å². The quantitative estimate of drug-likeness (QED) is 0.694. The Morgan fingerprint density at radius 2 is 1.77 bits per heavy atom. The van der Waals surface area contributed by atoms with Crippen molar-refractivity contribution in [3.8, 4) is 0 Å². The first-order valence-electron chi connectivity index (χ1n) is 5.44. The lowest BCUT2D eigenvalue weighted by Crippen LogP contribution is -2.33. The van der Waals surface area contributed by atoms with E-state index < -0.39 is 0 Å². The van der Waals surface area contributed by atoms with Crippen LogP contribution < -0.4 is 5.73 Å². The number of nitrogens with zero attached hydrogens (tertiary/aromatic N) is 1. The summed E-state index contributed by atoms with van der Waals surface area (Å²) < 4.78 is 0. The smallest absolute Gasteiger partial charge is 0.00303 e. The fraction of sp³-hybridized carbons (Fsp3) is 1.00. The summed E-state index contributed by atoms with van der Waals surface area (Å²) in [6.07, 6.45) is 0. The lowest BCUT2D eigenvalue weighted by Gasteiger charge is -2.27. The van der Waals surface area contributed by atoms with E-state index in [4.69, 9.17) is 5.73 Å². The first-order valence-corrected chi connectivity index (χ1v) is 5.44. The summed E-state index contributed by atoms with van der Waals surface area (Å²) in [4.78, 5) is 2.61. The van der Waals surface area contributed by atoms with Gasteiger partial charge >= 0.3 is 0 Å². The van der Waals surface area contributed by atoms with Gasteiger partial charge in [0, 0.05) is 19.6 Å². The van der Waals surface area contributed by atoms with Gasteiger partial charge in [-0.25, -0.2) is 0 Å². The standard InChI is InChI=1S/C11H22N2/c1-11(2,3)7-13-5-9-8(4-12)10(9)6-13/h8-10H,4-7,12H2,1-3H3. The molecule has 0 aromatic rings. The molecule has 2 atom stereocenters. The molecule has 0 aromatic heterocycles. The topological polar surface area (TPSA) is 29.3 Å². The Morgan fingerprint density at radius 1 is 1.23 bits per heavy atom. The zero-order valence-electron chi connectivity index (χ0n) is 9.09. The van der Waals surface area contributed by atoms with Crippen LogP contribution in [0.25, 0.3) is 0 Å². The Hall–Kier alpha value is -0.0800. The van der Waals surface area contributed by atoms with Gasteiger partial charge in [0.2, 0.25) is 0 Å². The van der Waals surface area contributed by atoms with Crippen LogP contribution >= 0.6 is 0 Å². The molecule has 2 rings (SSSR count). The van der Waals surface area contributed by atoms with Crippen molar-refractivity contribution in [3.05, 3.63) is 0 Å². The maximum atomic E-state index is 5.68. The molecule has 1 saturated carbocycles. The van der Waals surface area contributed by atoms with Crippen LogP contribution in [0.4, 0.5) is 0 Å². The highest BCUT2D eigenvalue weighted by Gasteiger charge is 2.54. The summed E-state index contributed by atoms with van der Waals surface area (Å²) >= 11 is 0. The molecule has 1 aliphatic carbocycles. The largest absolute Gasteiger partial charge is 0.330 e. The van der Waals surface area contributed by atoms with Gasteiger partial charge in [0.15, 0.2) is 0 Å². The predicted molar refractivity (Wildman–Crippen MR) is 55.4 cm³/mol. The van der Waals surface area contributed by atoms with Gasteiger partial charge < -0.3 is 10.6 Å². The normalized spacial score (nSPS) is 39.2. The average Bonchev–Trinajstić information content (AvgIpc) is 2.44. The Bertz CT molecular complexity index is 183. The maximum Gasteiger partial charge on any atom is 0.00303 e. The lowest BCUT2D eigenvalue weighted by atomic mass is 9.96. The van der Waals surface area contributed by atoms with Crippen molar-refractivity contribution in [2.45, 2.75) is 20.8 Å². The van der Waals surface area contributed by atoms with E-state index in [1.54, 1.807) is 0 Å². The van der Waals surface area contributed by atoms with Crippen LogP contribution in [0, 0.1) is 23.2 Å². The SMILES string of the molecule is CC(C)(C)CN1CC2C(CN)C2C1. The molecule has 0 amide bonds. The molecule has 2 aliphatic rings. The van der Waals surface area contributed by atoms with Crippen molar-refractivity contribution in [1.82, 2.24) is 4.90 Å². The van der Waals surface area contributed by atoms with Gasteiger partial charge in [0.25, 0.3) is 0 Å². The molecule has 2 fully saturated rings. The highest BCUT2D eigenvalue weighted by molar-refractivity contribution is 5.05. The van der Waals surface area contributed by atoms with Crippen LogP contribution in [-0.2, 0) is 0 Å². The van der Waals surface area contributed by atoms with Crippen molar-refractivity contribution < 1.29 is 0 Å². The molecule has 1 heterocycles. The van der Waals surface area contributed by atoms with E-state index in [0.717, 1.165) is 24.3 Å². The second kappa shape index (κ2) is 2.96. The van der Waals surface area contributed by atoms with Gasteiger partial charge in [-0.2, -0.15) is 0 Å². The van der Waals surface area contributed by atoms with Crippen LogP contribution in [0.5, 0.6) is 0 Å². The molecule has 0 radical (unpaired) electrons. The molecule has 2 N–H and O–H groups in total. The first kappa shape index (κ1) is 9.47. The van der Waals surface area contributed by atoms with E-state index in [2.05, 4.69) is 25.7 Å². The molecule has 0 bridgehead atoms. The molecular weight excluding hydrogens is 160 g/mol. The maximum absolute atomic E-state index is 5.68. The lowest BCUT2D eigenvalue weighted by molar-refractivity contribution is 0.201. The summed E-state index contributed by atoms with van der Waals surface area (Å²) in [5.74, 6) is 2.77. The van der Waals surface area contributed by atoms with Crippen LogP contribution in [0.15, 0.2) is 0 Å². The number of likely N-dealkylation sites (tertiary alicyclic amines) is 1. The van der Waals surface area contributed by atoms with Crippen molar-refractivity contribution in [1.29, 1.82) is 0 Å². The van der Waals surface area contributed by atoms with E-state index in [0.29, 0.717) is 5.41 Å². The summed E-state index contributed by atoms with van der Waals surface area (Å²) in [6, 6.07) is 0. The molecule has 76 valence electrons. The average molecular weight is 182 g/mol. The molecular formula is C11H22N2. The molecule has 13 heavy (non-hydrogen) atoms. The Labute approximate surface area is 81.5 Å². The number of rotatable bonds is 2. The van der Waals surface area contributed by atoms with Gasteiger partial charge in [-0.05, 0) is 29.7 Å². The van der Waals surface area contributed by atoms with Crippen LogP contribution in [0.3, 0.4) is 0 Å². The number of nitrogens with two attached hydrogens (primary N) is 1. The van der Waals surface area contributed by atoms with Crippen molar-refractivity contribution >= 4 is 0 Å². The molecule has 2 heteroatoms. The minimum Gasteiger partial charge on any atom is -0.330 e. The van der Waals surface area contributed by atoms with Crippen LogP contribution in [0.1, 0.15) is 20.8 Å². The van der Waals surface area contributed by atoms with E-state index >= 15 is 0 Å². The summed E-state index contributed by atoms with van der Waals surface area (Å²) in [6.45, 7) is 11.7. The Morgan fingerprint density at radius 3 is 2.15 bits per heavy atom. The molecule has 0 aromatic carbocycles. The number of fused-ring (bicyclic) bond motifs is 1. The molecule has 2 unspecified atom stereocenters. The number of piperidine rings is 1. The number of hydrogen-bond donors (Lipinski definition) is 1. The van der Waals surface area contributed by atoms with Gasteiger partial charge in [0.1, 0.15) is 0 Å². The summed E-state index contributed by atoms with van der Waals surface area (Å²) in [5.41, 5.74) is 6.13. The summed E-state index contributed by atoms with van der Waals surface area (Å²) in [5, 5.41) is 0. The monoisotopic (exact) mass is 182 g/mol. The van der Waals surface area contributed by atoms with Gasteiger partial charge in [-0.15, -0.1) is 0 Å². The predicted octanol–water partition coefficient (Wildman–Crippen LogP) is 1.17. The fourth-order valence-electron chi connectivity index (χ4n) is 2.89. The van der Waals surface area contributed by atoms with E-state index in [-0.39, 0.29) is 0 Å². The first-order chi connectivity index (χ1) is 6.01. The third-order valence-electron chi connectivity index (χ3n) is 3.42. The highest BCUT2D eigenvalue weighted by atomic mass is 15.2. The molecule has 0 spiro atoms.